The van der Waals surface area contributed by atoms with Crippen molar-refractivity contribution in [2.45, 2.75) is 25.7 Å². The first-order valence-electron chi connectivity index (χ1n) is 9.21. The van der Waals surface area contributed by atoms with Crippen LogP contribution >= 0.6 is 0 Å². The Morgan fingerprint density at radius 1 is 1.17 bits per heavy atom. The van der Waals surface area contributed by atoms with Crippen LogP contribution in [-0.4, -0.2) is 22.2 Å². The summed E-state index contributed by atoms with van der Waals surface area (Å²) in [7, 11) is 0. The first-order valence-corrected chi connectivity index (χ1v) is 9.21. The smallest absolute Gasteiger partial charge is 0.319 e. The monoisotopic (exact) mass is 400 g/mol. The zero-order valence-electron chi connectivity index (χ0n) is 15.5. The Kier molecular flexibility index (Phi) is 5.10. The van der Waals surface area contributed by atoms with Gasteiger partial charge < -0.3 is 10.6 Å². The highest BCUT2D eigenvalue weighted by atomic mass is 19.4. The topological polar surface area (TPSA) is 59.0 Å². The number of rotatable bonds is 4. The first-order chi connectivity index (χ1) is 13.9. The van der Waals surface area contributed by atoms with Gasteiger partial charge in [-0.25, -0.2) is 0 Å². The van der Waals surface area contributed by atoms with Gasteiger partial charge in [-0.15, -0.1) is 0 Å². The molecule has 0 saturated heterocycles. The van der Waals surface area contributed by atoms with Crippen molar-refractivity contribution >= 4 is 11.6 Å². The second-order valence-corrected chi connectivity index (χ2v) is 6.95. The molecule has 4 rings (SSSR count). The number of benzene rings is 2. The molecular weight excluding hydrogens is 381 g/mol. The Hall–Kier alpha value is -3.13. The van der Waals surface area contributed by atoms with Crippen molar-refractivity contribution in [3.8, 4) is 0 Å². The average molecular weight is 400 g/mol. The molecule has 1 aliphatic rings. The minimum absolute atomic E-state index is 0.0442. The highest BCUT2D eigenvalue weighted by molar-refractivity contribution is 6.04. The third-order valence-electron chi connectivity index (χ3n) is 4.90. The normalized spacial score (nSPS) is 13.8. The van der Waals surface area contributed by atoms with Crippen molar-refractivity contribution < 1.29 is 18.0 Å². The number of aromatic nitrogens is 2. The number of halogens is 3. The highest BCUT2D eigenvalue weighted by Crippen LogP contribution is 2.32. The van der Waals surface area contributed by atoms with Gasteiger partial charge in [0.2, 0.25) is 0 Å². The van der Waals surface area contributed by atoms with Crippen LogP contribution in [0.2, 0.25) is 0 Å². The van der Waals surface area contributed by atoms with Crippen molar-refractivity contribution in [1.82, 2.24) is 15.1 Å². The van der Waals surface area contributed by atoms with Gasteiger partial charge in [0.1, 0.15) is 0 Å². The van der Waals surface area contributed by atoms with Crippen LogP contribution < -0.4 is 10.6 Å². The van der Waals surface area contributed by atoms with Crippen LogP contribution in [0.5, 0.6) is 0 Å². The molecule has 0 saturated carbocycles. The fourth-order valence-corrected chi connectivity index (χ4v) is 3.45. The van der Waals surface area contributed by atoms with Crippen molar-refractivity contribution in [2.75, 3.05) is 11.9 Å². The average Bonchev–Trinajstić information content (AvgIpc) is 3.14. The Labute approximate surface area is 165 Å². The lowest BCUT2D eigenvalue weighted by Crippen LogP contribution is -2.24. The number of nitrogens with zero attached hydrogens (tertiary/aromatic N) is 2. The van der Waals surface area contributed by atoms with Crippen LogP contribution in [0, 0.1) is 0 Å². The van der Waals surface area contributed by atoms with Crippen LogP contribution in [-0.2, 0) is 25.7 Å². The Morgan fingerprint density at radius 3 is 2.83 bits per heavy atom. The zero-order valence-corrected chi connectivity index (χ0v) is 15.5. The second kappa shape index (κ2) is 7.71. The van der Waals surface area contributed by atoms with Crippen molar-refractivity contribution in [2.24, 2.45) is 0 Å². The highest BCUT2D eigenvalue weighted by Gasteiger charge is 2.32. The van der Waals surface area contributed by atoms with E-state index in [4.69, 9.17) is 0 Å². The van der Waals surface area contributed by atoms with Gasteiger partial charge in [0.15, 0.2) is 0 Å². The summed E-state index contributed by atoms with van der Waals surface area (Å²) in [4.78, 5) is 12.5. The standard InChI is InChI=1S/C21H19F3N4O/c22-21(23,24)19-4-2-1-3-17(19)12-28-13-18(11-26-28)27-20(29)15-5-6-16-10-25-8-7-14(16)9-15/h1-6,9,11,13,25H,7-8,10,12H2,(H,27,29). The fourth-order valence-electron chi connectivity index (χ4n) is 3.45. The molecule has 2 heterocycles. The Morgan fingerprint density at radius 2 is 2.00 bits per heavy atom. The number of alkyl halides is 3. The summed E-state index contributed by atoms with van der Waals surface area (Å²) in [6, 6.07) is 11.0. The lowest BCUT2D eigenvalue weighted by molar-refractivity contribution is -0.138. The molecular formula is C21H19F3N4O. The maximum absolute atomic E-state index is 13.1. The molecule has 3 aromatic rings. The van der Waals surface area contributed by atoms with Crippen LogP contribution in [0.1, 0.15) is 32.6 Å². The molecule has 2 aromatic carbocycles. The molecule has 0 bridgehead atoms. The lowest BCUT2D eigenvalue weighted by atomic mass is 9.98. The number of carbonyl (C=O) groups excluding carboxylic acids is 1. The van der Waals surface area contributed by atoms with Crippen LogP contribution in [0.3, 0.4) is 0 Å². The number of nitrogens with one attached hydrogen (secondary N) is 2. The predicted octanol–water partition coefficient (Wildman–Crippen LogP) is 3.85. The molecule has 5 nitrogen and oxygen atoms in total. The fraction of sp³-hybridized carbons (Fsp3) is 0.238. The van der Waals surface area contributed by atoms with Gasteiger partial charge in [-0.1, -0.05) is 24.3 Å². The van der Waals surface area contributed by atoms with E-state index in [-0.39, 0.29) is 18.0 Å². The summed E-state index contributed by atoms with van der Waals surface area (Å²) in [5.41, 5.74) is 2.73. The molecule has 150 valence electrons. The van der Waals surface area contributed by atoms with Gasteiger partial charge in [-0.05, 0) is 47.9 Å². The predicted molar refractivity (Wildman–Crippen MR) is 103 cm³/mol. The van der Waals surface area contributed by atoms with E-state index in [0.717, 1.165) is 31.1 Å². The molecule has 0 radical (unpaired) electrons. The van der Waals surface area contributed by atoms with E-state index in [9.17, 15) is 18.0 Å². The van der Waals surface area contributed by atoms with E-state index < -0.39 is 11.7 Å². The molecule has 29 heavy (non-hydrogen) atoms. The molecule has 1 aliphatic heterocycles. The summed E-state index contributed by atoms with van der Waals surface area (Å²) in [5.74, 6) is -0.276. The van der Waals surface area contributed by atoms with Gasteiger partial charge in [0, 0.05) is 18.3 Å². The Bertz CT molecular complexity index is 1040. The second-order valence-electron chi connectivity index (χ2n) is 6.95. The van der Waals surface area contributed by atoms with E-state index in [1.807, 2.05) is 12.1 Å². The zero-order chi connectivity index (χ0) is 20.4. The van der Waals surface area contributed by atoms with Crippen molar-refractivity contribution in [1.29, 1.82) is 0 Å². The minimum atomic E-state index is -4.43. The van der Waals surface area contributed by atoms with E-state index in [0.29, 0.717) is 11.3 Å². The van der Waals surface area contributed by atoms with Gasteiger partial charge in [-0.3, -0.25) is 9.48 Å². The first kappa shape index (κ1) is 19.2. The molecule has 0 aliphatic carbocycles. The number of amides is 1. The molecule has 1 aromatic heterocycles. The van der Waals surface area contributed by atoms with E-state index in [2.05, 4.69) is 15.7 Å². The Balaban J connectivity index is 1.47. The van der Waals surface area contributed by atoms with Crippen molar-refractivity contribution in [3.63, 3.8) is 0 Å². The van der Waals surface area contributed by atoms with Gasteiger partial charge in [-0.2, -0.15) is 18.3 Å². The van der Waals surface area contributed by atoms with Crippen molar-refractivity contribution in [3.05, 3.63) is 82.7 Å². The summed E-state index contributed by atoms with van der Waals surface area (Å²) >= 11 is 0. The largest absolute Gasteiger partial charge is 0.416 e. The molecule has 0 atom stereocenters. The van der Waals surface area contributed by atoms with E-state index in [1.165, 1.54) is 34.8 Å². The summed E-state index contributed by atoms with van der Waals surface area (Å²) < 4.78 is 40.8. The van der Waals surface area contributed by atoms with Crippen LogP contribution in [0.25, 0.3) is 0 Å². The van der Waals surface area contributed by atoms with E-state index in [1.54, 1.807) is 12.1 Å². The summed E-state index contributed by atoms with van der Waals surface area (Å²) in [6.07, 6.45) is -0.612. The van der Waals surface area contributed by atoms with Crippen LogP contribution in [0.4, 0.5) is 18.9 Å². The number of hydrogen-bond donors (Lipinski definition) is 2. The third kappa shape index (κ3) is 4.32. The number of carbonyl (C=O) groups is 1. The molecule has 0 spiro atoms. The molecule has 0 unspecified atom stereocenters. The summed E-state index contributed by atoms with van der Waals surface area (Å²) in [5, 5.41) is 10.1. The minimum Gasteiger partial charge on any atom is -0.319 e. The maximum atomic E-state index is 13.1. The maximum Gasteiger partial charge on any atom is 0.416 e. The summed E-state index contributed by atoms with van der Waals surface area (Å²) in [6.45, 7) is 1.63. The van der Waals surface area contributed by atoms with E-state index >= 15 is 0 Å². The van der Waals surface area contributed by atoms with Gasteiger partial charge >= 0.3 is 6.18 Å². The number of fused-ring (bicyclic) bond motifs is 1. The molecule has 8 heteroatoms. The van der Waals surface area contributed by atoms with Gasteiger partial charge in [0.25, 0.3) is 5.91 Å². The molecule has 2 N–H and O–H groups in total. The van der Waals surface area contributed by atoms with Crippen LogP contribution in [0.15, 0.2) is 54.9 Å². The SMILES string of the molecule is O=C(Nc1cnn(Cc2ccccc2C(F)(F)F)c1)c1ccc2c(c1)CCNC2. The third-order valence-corrected chi connectivity index (χ3v) is 4.90. The number of anilines is 1. The lowest BCUT2D eigenvalue weighted by Gasteiger charge is -2.17. The molecule has 1 amide bonds. The molecule has 0 fully saturated rings. The van der Waals surface area contributed by atoms with Gasteiger partial charge in [0.05, 0.1) is 24.0 Å². The quantitative estimate of drug-likeness (QED) is 0.700. The number of hydrogen-bond acceptors (Lipinski definition) is 3.